The van der Waals surface area contributed by atoms with Gasteiger partial charge in [0.15, 0.2) is 5.82 Å². The molecule has 0 aliphatic carbocycles. The van der Waals surface area contributed by atoms with Gasteiger partial charge in [0.05, 0.1) is 4.53 Å². The van der Waals surface area contributed by atoms with E-state index < -0.39 is 0 Å². The molecule has 0 N–H and O–H groups in total. The molecule has 24 heavy (non-hydrogen) atoms. The molecule has 0 saturated carbocycles. The highest BCUT2D eigenvalue weighted by molar-refractivity contribution is 7.15. The molecule has 4 aromatic rings. The molecule has 2 aromatic heterocycles. The van der Waals surface area contributed by atoms with Gasteiger partial charge in [-0.05, 0) is 25.5 Å². The summed E-state index contributed by atoms with van der Waals surface area (Å²) in [6.07, 6.45) is 1.88. The first kappa shape index (κ1) is 14.8. The molecule has 4 rings (SSSR count). The average Bonchev–Trinajstić information content (AvgIpc) is 3.11. The van der Waals surface area contributed by atoms with Crippen molar-refractivity contribution in [2.24, 2.45) is 0 Å². The molecule has 0 amide bonds. The van der Waals surface area contributed by atoms with E-state index in [1.54, 1.807) is 0 Å². The van der Waals surface area contributed by atoms with Gasteiger partial charge in [0.2, 0.25) is 4.96 Å². The maximum atomic E-state index is 12.5. The molecule has 0 fully saturated rings. The zero-order valence-corrected chi connectivity index (χ0v) is 14.2. The third kappa shape index (κ3) is 2.63. The third-order valence-corrected chi connectivity index (χ3v) is 4.83. The van der Waals surface area contributed by atoms with E-state index in [9.17, 15) is 4.79 Å². The van der Waals surface area contributed by atoms with Crippen molar-refractivity contribution in [3.05, 3.63) is 80.1 Å². The quantitative estimate of drug-likeness (QED) is 0.566. The molecule has 0 saturated heterocycles. The number of aryl methyl sites for hydroxylation is 2. The van der Waals surface area contributed by atoms with Gasteiger partial charge < -0.3 is 0 Å². The molecular weight excluding hydrogens is 318 g/mol. The van der Waals surface area contributed by atoms with E-state index in [4.69, 9.17) is 0 Å². The van der Waals surface area contributed by atoms with Crippen molar-refractivity contribution in [3.8, 4) is 11.4 Å². The Hall–Kier alpha value is -2.79. The van der Waals surface area contributed by atoms with Gasteiger partial charge in [-0.2, -0.15) is 9.50 Å². The van der Waals surface area contributed by atoms with Crippen LogP contribution in [0.4, 0.5) is 0 Å². The Morgan fingerprint density at radius 1 is 0.958 bits per heavy atom. The summed E-state index contributed by atoms with van der Waals surface area (Å²) >= 11 is 1.36. The lowest BCUT2D eigenvalue weighted by atomic mass is 10.1. The van der Waals surface area contributed by atoms with E-state index in [0.29, 0.717) is 15.3 Å². The number of aromatic nitrogens is 3. The SMILES string of the molecule is Cc1ccc(/C=c2/sc3nc(-c4ccc(C)cc4)nn3c2=O)cc1. The van der Waals surface area contributed by atoms with E-state index in [2.05, 4.69) is 10.1 Å². The van der Waals surface area contributed by atoms with Crippen molar-refractivity contribution < 1.29 is 0 Å². The van der Waals surface area contributed by atoms with Crippen LogP contribution in [0.25, 0.3) is 22.4 Å². The molecule has 2 aromatic carbocycles. The van der Waals surface area contributed by atoms with Crippen LogP contribution in [-0.4, -0.2) is 14.6 Å². The molecule has 4 nitrogen and oxygen atoms in total. The highest BCUT2D eigenvalue weighted by Crippen LogP contribution is 2.17. The van der Waals surface area contributed by atoms with Gasteiger partial charge in [-0.1, -0.05) is 71.0 Å². The molecule has 0 bridgehead atoms. The van der Waals surface area contributed by atoms with Crippen molar-refractivity contribution in [2.75, 3.05) is 0 Å². The summed E-state index contributed by atoms with van der Waals surface area (Å²) in [5.74, 6) is 0.584. The van der Waals surface area contributed by atoms with Crippen molar-refractivity contribution in [1.82, 2.24) is 14.6 Å². The number of rotatable bonds is 2. The molecule has 0 atom stereocenters. The van der Waals surface area contributed by atoms with Crippen LogP contribution in [0, 0.1) is 13.8 Å². The van der Waals surface area contributed by atoms with Gasteiger partial charge in [0, 0.05) is 5.56 Å². The zero-order valence-electron chi connectivity index (χ0n) is 13.4. The Labute approximate surface area is 142 Å². The van der Waals surface area contributed by atoms with Gasteiger partial charge in [-0.15, -0.1) is 5.10 Å². The number of nitrogens with zero attached hydrogens (tertiary/aromatic N) is 3. The second-order valence-electron chi connectivity index (χ2n) is 5.82. The van der Waals surface area contributed by atoms with Crippen LogP contribution in [0.2, 0.25) is 0 Å². The minimum atomic E-state index is -0.124. The fourth-order valence-electron chi connectivity index (χ4n) is 2.47. The largest absolute Gasteiger partial charge is 0.291 e. The monoisotopic (exact) mass is 333 g/mol. The maximum absolute atomic E-state index is 12.5. The lowest BCUT2D eigenvalue weighted by molar-refractivity contribution is 0.937. The molecule has 0 aliphatic rings. The van der Waals surface area contributed by atoms with Crippen LogP contribution in [-0.2, 0) is 0 Å². The minimum absolute atomic E-state index is 0.124. The summed E-state index contributed by atoms with van der Waals surface area (Å²) in [4.78, 5) is 17.7. The first-order valence-electron chi connectivity index (χ1n) is 7.65. The van der Waals surface area contributed by atoms with E-state index in [1.807, 2.05) is 68.5 Å². The van der Waals surface area contributed by atoms with Crippen LogP contribution in [0.1, 0.15) is 16.7 Å². The van der Waals surface area contributed by atoms with Crippen molar-refractivity contribution in [3.63, 3.8) is 0 Å². The summed E-state index contributed by atoms with van der Waals surface area (Å²) < 4.78 is 2.03. The lowest BCUT2D eigenvalue weighted by Gasteiger charge is -1.95. The number of hydrogen-bond donors (Lipinski definition) is 0. The molecule has 5 heteroatoms. The van der Waals surface area contributed by atoms with Gasteiger partial charge >= 0.3 is 0 Å². The van der Waals surface area contributed by atoms with Crippen LogP contribution in [0.3, 0.4) is 0 Å². The van der Waals surface area contributed by atoms with Crippen molar-refractivity contribution in [2.45, 2.75) is 13.8 Å². The Kier molecular flexibility index (Phi) is 3.50. The average molecular weight is 333 g/mol. The van der Waals surface area contributed by atoms with Crippen LogP contribution in [0.5, 0.6) is 0 Å². The third-order valence-electron chi connectivity index (χ3n) is 3.87. The number of fused-ring (bicyclic) bond motifs is 1. The summed E-state index contributed by atoms with van der Waals surface area (Å²) in [6.45, 7) is 4.07. The smallest absolute Gasteiger partial charge is 0.266 e. The first-order chi connectivity index (χ1) is 11.6. The topological polar surface area (TPSA) is 47.3 Å². The fraction of sp³-hybridized carbons (Fsp3) is 0.105. The van der Waals surface area contributed by atoms with Crippen LogP contribution >= 0.6 is 11.3 Å². The molecule has 2 heterocycles. The second-order valence-corrected chi connectivity index (χ2v) is 6.83. The number of benzene rings is 2. The van der Waals surface area contributed by atoms with E-state index in [-0.39, 0.29) is 5.56 Å². The zero-order chi connectivity index (χ0) is 16.7. The molecule has 0 aliphatic heterocycles. The first-order valence-corrected chi connectivity index (χ1v) is 8.47. The summed E-state index contributed by atoms with van der Waals surface area (Å²) in [5, 5.41) is 4.37. The normalized spacial score (nSPS) is 12.2. The Morgan fingerprint density at radius 3 is 2.21 bits per heavy atom. The minimum Gasteiger partial charge on any atom is -0.266 e. The summed E-state index contributed by atoms with van der Waals surface area (Å²) in [5.41, 5.74) is 4.17. The Bertz CT molecular complexity index is 1120. The Balaban J connectivity index is 1.79. The van der Waals surface area contributed by atoms with E-state index >= 15 is 0 Å². The molecule has 0 unspecified atom stereocenters. The van der Waals surface area contributed by atoms with Gasteiger partial charge in [-0.25, -0.2) is 0 Å². The van der Waals surface area contributed by atoms with Crippen molar-refractivity contribution in [1.29, 1.82) is 0 Å². The standard InChI is InChI=1S/C19H15N3OS/c1-12-3-7-14(8-4-12)11-16-18(23)22-19(24-16)20-17(21-22)15-9-5-13(2)6-10-15/h3-11H,1-2H3/b16-11+. The second kappa shape index (κ2) is 5.69. The Morgan fingerprint density at radius 2 is 1.58 bits per heavy atom. The van der Waals surface area contributed by atoms with Crippen LogP contribution < -0.4 is 10.1 Å². The summed E-state index contributed by atoms with van der Waals surface area (Å²) in [6, 6.07) is 16.0. The van der Waals surface area contributed by atoms with E-state index in [0.717, 1.165) is 11.1 Å². The van der Waals surface area contributed by atoms with Gasteiger partial charge in [-0.3, -0.25) is 4.79 Å². The summed E-state index contributed by atoms with van der Waals surface area (Å²) in [7, 11) is 0. The highest BCUT2D eigenvalue weighted by Gasteiger charge is 2.11. The van der Waals surface area contributed by atoms with Crippen molar-refractivity contribution >= 4 is 22.4 Å². The molecule has 0 spiro atoms. The maximum Gasteiger partial charge on any atom is 0.291 e. The number of thiazole rings is 1. The number of hydrogen-bond acceptors (Lipinski definition) is 4. The molecule has 0 radical (unpaired) electrons. The fourth-order valence-corrected chi connectivity index (χ4v) is 3.38. The predicted octanol–water partition coefficient (Wildman–Crippen LogP) is 2.98. The predicted molar refractivity (Wildman–Crippen MR) is 97.3 cm³/mol. The molecule has 118 valence electrons. The highest BCUT2D eigenvalue weighted by atomic mass is 32.1. The van der Waals surface area contributed by atoms with Crippen LogP contribution in [0.15, 0.2) is 53.3 Å². The van der Waals surface area contributed by atoms with E-state index in [1.165, 1.54) is 27.0 Å². The lowest BCUT2D eigenvalue weighted by Crippen LogP contribution is -2.23. The van der Waals surface area contributed by atoms with Gasteiger partial charge in [0.25, 0.3) is 5.56 Å². The molecular formula is C19H15N3OS. The van der Waals surface area contributed by atoms with Gasteiger partial charge in [0.1, 0.15) is 0 Å².